The summed E-state index contributed by atoms with van der Waals surface area (Å²) in [6.45, 7) is 0. The molecule has 0 aliphatic heterocycles. The molecule has 0 bridgehead atoms. The van der Waals surface area contributed by atoms with Gasteiger partial charge >= 0.3 is 5.69 Å². The van der Waals surface area contributed by atoms with Gasteiger partial charge in [0.25, 0.3) is 5.69 Å². The highest BCUT2D eigenvalue weighted by Crippen LogP contribution is 2.30. The predicted molar refractivity (Wildman–Crippen MR) is 79.6 cm³/mol. The summed E-state index contributed by atoms with van der Waals surface area (Å²) in [5.74, 6) is 0. The Balaban J connectivity index is 1.90. The van der Waals surface area contributed by atoms with Crippen LogP contribution in [-0.4, -0.2) is 14.9 Å². The molecule has 0 radical (unpaired) electrons. The molecule has 1 N–H and O–H groups in total. The lowest BCUT2D eigenvalue weighted by Gasteiger charge is -2.03. The van der Waals surface area contributed by atoms with Crippen molar-refractivity contribution < 1.29 is 4.92 Å². The van der Waals surface area contributed by atoms with E-state index in [1.807, 2.05) is 18.2 Å². The Morgan fingerprint density at radius 2 is 1.81 bits per heavy atom. The first-order valence-electron chi connectivity index (χ1n) is 6.03. The van der Waals surface area contributed by atoms with Crippen LogP contribution < -0.4 is 5.69 Å². The molecule has 0 spiro atoms. The molecule has 0 aliphatic rings. The lowest BCUT2D eigenvalue weighted by molar-refractivity contribution is -0.384. The molecule has 0 unspecified atom stereocenters. The quantitative estimate of drug-likeness (QED) is 0.593. The van der Waals surface area contributed by atoms with Crippen molar-refractivity contribution in [1.29, 1.82) is 0 Å². The van der Waals surface area contributed by atoms with Gasteiger partial charge in [0.05, 0.1) is 10.4 Å². The minimum atomic E-state index is -0.428. The number of nitro benzene ring substituents is 1. The van der Waals surface area contributed by atoms with E-state index in [2.05, 4.69) is 9.97 Å². The molecule has 0 amide bonds. The molecule has 0 atom stereocenters. The molecule has 1 aromatic heterocycles. The van der Waals surface area contributed by atoms with Gasteiger partial charge in [0.1, 0.15) is 0 Å². The van der Waals surface area contributed by atoms with Crippen LogP contribution in [0.4, 0.5) is 5.69 Å². The van der Waals surface area contributed by atoms with E-state index in [-0.39, 0.29) is 11.4 Å². The first-order valence-corrected chi connectivity index (χ1v) is 6.85. The van der Waals surface area contributed by atoms with Crippen molar-refractivity contribution in [1.82, 2.24) is 9.97 Å². The molecule has 7 heteroatoms. The second-order valence-electron chi connectivity index (χ2n) is 4.29. The van der Waals surface area contributed by atoms with Crippen LogP contribution in [0.25, 0.3) is 10.9 Å². The lowest BCUT2D eigenvalue weighted by Crippen LogP contribution is -2.08. The Bertz CT molecular complexity index is 875. The van der Waals surface area contributed by atoms with E-state index in [1.54, 1.807) is 12.1 Å². The van der Waals surface area contributed by atoms with Crippen molar-refractivity contribution in [2.45, 2.75) is 9.79 Å². The van der Waals surface area contributed by atoms with Crippen LogP contribution in [0, 0.1) is 10.1 Å². The number of aromatic nitrogens is 2. The minimum Gasteiger partial charge on any atom is -0.305 e. The summed E-state index contributed by atoms with van der Waals surface area (Å²) < 4.78 is 0. The van der Waals surface area contributed by atoms with Gasteiger partial charge in [-0.25, -0.2) is 9.78 Å². The zero-order valence-corrected chi connectivity index (χ0v) is 11.5. The van der Waals surface area contributed by atoms with E-state index in [9.17, 15) is 14.9 Å². The maximum absolute atomic E-state index is 11.2. The van der Waals surface area contributed by atoms with Crippen molar-refractivity contribution in [3.8, 4) is 0 Å². The second-order valence-corrected chi connectivity index (χ2v) is 5.44. The van der Waals surface area contributed by atoms with E-state index in [0.717, 1.165) is 15.2 Å². The van der Waals surface area contributed by atoms with Crippen molar-refractivity contribution in [3.63, 3.8) is 0 Å². The van der Waals surface area contributed by atoms with Gasteiger partial charge in [0.2, 0.25) is 0 Å². The minimum absolute atomic E-state index is 0.0632. The van der Waals surface area contributed by atoms with Crippen molar-refractivity contribution in [3.05, 3.63) is 69.3 Å². The molecule has 3 aromatic rings. The number of aromatic amines is 1. The highest BCUT2D eigenvalue weighted by Gasteiger charge is 2.05. The normalized spacial score (nSPS) is 10.7. The van der Waals surface area contributed by atoms with Crippen LogP contribution in [-0.2, 0) is 0 Å². The molecular weight excluding hydrogens is 290 g/mol. The Morgan fingerprint density at radius 3 is 2.52 bits per heavy atom. The third kappa shape index (κ3) is 2.92. The third-order valence-corrected chi connectivity index (χ3v) is 3.87. The SMILES string of the molecule is O=c1ncc2ccc(Sc3ccc([N+](=O)[O-])cc3)cc2[nH]1. The molecule has 0 saturated carbocycles. The number of H-pyrrole nitrogens is 1. The predicted octanol–water partition coefficient (Wildman–Crippen LogP) is 2.98. The van der Waals surface area contributed by atoms with Crippen LogP contribution in [0.15, 0.2) is 63.2 Å². The summed E-state index contributed by atoms with van der Waals surface area (Å²) in [6, 6.07) is 12.0. The van der Waals surface area contributed by atoms with Gasteiger partial charge < -0.3 is 4.98 Å². The van der Waals surface area contributed by atoms with E-state index in [4.69, 9.17) is 0 Å². The van der Waals surface area contributed by atoms with Crippen LogP contribution >= 0.6 is 11.8 Å². The van der Waals surface area contributed by atoms with E-state index >= 15 is 0 Å². The van der Waals surface area contributed by atoms with Gasteiger partial charge in [-0.15, -0.1) is 0 Å². The fourth-order valence-electron chi connectivity index (χ4n) is 1.87. The number of nitrogens with zero attached hydrogens (tertiary/aromatic N) is 2. The van der Waals surface area contributed by atoms with Gasteiger partial charge in [-0.2, -0.15) is 0 Å². The van der Waals surface area contributed by atoms with Crippen molar-refractivity contribution in [2.75, 3.05) is 0 Å². The molecule has 0 fully saturated rings. The van der Waals surface area contributed by atoms with Crippen LogP contribution in [0.1, 0.15) is 0 Å². The van der Waals surface area contributed by atoms with E-state index < -0.39 is 4.92 Å². The van der Waals surface area contributed by atoms with Crippen LogP contribution in [0.2, 0.25) is 0 Å². The summed E-state index contributed by atoms with van der Waals surface area (Å²) in [5, 5.41) is 11.5. The highest BCUT2D eigenvalue weighted by molar-refractivity contribution is 7.99. The van der Waals surface area contributed by atoms with Gasteiger partial charge in [0, 0.05) is 33.5 Å². The first kappa shape index (κ1) is 13.3. The maximum atomic E-state index is 11.2. The largest absolute Gasteiger partial charge is 0.345 e. The Morgan fingerprint density at radius 1 is 1.10 bits per heavy atom. The summed E-state index contributed by atoms with van der Waals surface area (Å²) in [5.41, 5.74) is 0.384. The molecule has 6 nitrogen and oxygen atoms in total. The summed E-state index contributed by atoms with van der Waals surface area (Å²) in [4.78, 5) is 29.5. The van der Waals surface area contributed by atoms with Crippen LogP contribution in [0.5, 0.6) is 0 Å². The fraction of sp³-hybridized carbons (Fsp3) is 0. The average molecular weight is 299 g/mol. The highest BCUT2D eigenvalue weighted by atomic mass is 32.2. The van der Waals surface area contributed by atoms with Crippen molar-refractivity contribution >= 4 is 28.4 Å². The number of hydrogen-bond donors (Lipinski definition) is 1. The van der Waals surface area contributed by atoms with Gasteiger partial charge in [0.15, 0.2) is 0 Å². The van der Waals surface area contributed by atoms with Gasteiger partial charge in [-0.05, 0) is 24.3 Å². The number of fused-ring (bicyclic) bond motifs is 1. The molecule has 0 saturated heterocycles. The zero-order chi connectivity index (χ0) is 14.8. The molecule has 2 aromatic carbocycles. The average Bonchev–Trinajstić information content (AvgIpc) is 2.47. The van der Waals surface area contributed by atoms with E-state index in [1.165, 1.54) is 30.1 Å². The van der Waals surface area contributed by atoms with Crippen molar-refractivity contribution in [2.24, 2.45) is 0 Å². The first-order chi connectivity index (χ1) is 10.1. The number of rotatable bonds is 3. The summed E-state index contributed by atoms with van der Waals surface area (Å²) in [6.07, 6.45) is 1.52. The Hall–Kier alpha value is -2.67. The van der Waals surface area contributed by atoms with Gasteiger partial charge in [-0.3, -0.25) is 10.1 Å². The molecule has 104 valence electrons. The smallest absolute Gasteiger partial charge is 0.305 e. The third-order valence-electron chi connectivity index (χ3n) is 2.87. The molecular formula is C14H9N3O3S. The topological polar surface area (TPSA) is 88.9 Å². The molecule has 21 heavy (non-hydrogen) atoms. The maximum Gasteiger partial charge on any atom is 0.345 e. The number of benzene rings is 2. The van der Waals surface area contributed by atoms with E-state index in [0.29, 0.717) is 5.52 Å². The number of non-ortho nitro benzene ring substituents is 1. The molecule has 1 heterocycles. The Kier molecular flexibility index (Phi) is 3.41. The standard InChI is InChI=1S/C14H9N3O3S/c18-14-15-8-9-1-4-12(7-13(9)16-14)21-11-5-2-10(3-6-11)17(19)20/h1-8H,(H,15,16,18). The zero-order valence-electron chi connectivity index (χ0n) is 10.6. The molecule has 3 rings (SSSR count). The van der Waals surface area contributed by atoms with Gasteiger partial charge in [-0.1, -0.05) is 17.8 Å². The number of hydrogen-bond acceptors (Lipinski definition) is 5. The summed E-state index contributed by atoms with van der Waals surface area (Å²) >= 11 is 1.46. The summed E-state index contributed by atoms with van der Waals surface area (Å²) in [7, 11) is 0. The second kappa shape index (κ2) is 5.37. The lowest BCUT2D eigenvalue weighted by atomic mass is 10.2. The molecule has 0 aliphatic carbocycles. The number of nitrogens with one attached hydrogen (secondary N) is 1. The van der Waals surface area contributed by atoms with Crippen LogP contribution in [0.3, 0.4) is 0 Å². The monoisotopic (exact) mass is 299 g/mol. The number of nitro groups is 1. The Labute approximate surface area is 123 Å². The fourth-order valence-corrected chi connectivity index (χ4v) is 2.72.